The van der Waals surface area contributed by atoms with Gasteiger partial charge in [-0.2, -0.15) is 0 Å². The summed E-state index contributed by atoms with van der Waals surface area (Å²) < 4.78 is 71.6. The van der Waals surface area contributed by atoms with Gasteiger partial charge in [0.25, 0.3) is 0 Å². The number of hydrogen-bond donors (Lipinski definition) is 4. The topological polar surface area (TPSA) is 277 Å². The monoisotopic (exact) mass is 2060 g/mol. The lowest BCUT2D eigenvalue weighted by Crippen LogP contribution is -2.21. The molecular formula is C122H108Cl4N4O18. The van der Waals surface area contributed by atoms with E-state index in [1.54, 1.807) is 133 Å². The van der Waals surface area contributed by atoms with Gasteiger partial charge in [-0.05, 0) is 200 Å². The summed E-state index contributed by atoms with van der Waals surface area (Å²) in [4.78, 5) is 42.3. The Morgan fingerprint density at radius 1 is 0.284 bits per heavy atom. The second-order valence-electron chi connectivity index (χ2n) is 35.1. The number of aliphatic hydroxyl groups is 2. The summed E-state index contributed by atoms with van der Waals surface area (Å²) in [7, 11) is 0. The number of pyridine rings is 4. The van der Waals surface area contributed by atoms with E-state index in [-0.39, 0.29) is 49.4 Å². The molecular weight excluding hydrogens is 1950 g/mol. The number of carbonyl (C=O) groups is 2. The Labute approximate surface area is 878 Å². The molecule has 0 radical (unpaired) electrons. The van der Waals surface area contributed by atoms with E-state index in [1.165, 1.54) is 0 Å². The molecule has 0 aliphatic heterocycles. The minimum absolute atomic E-state index is 0.00000309. The van der Waals surface area contributed by atoms with Gasteiger partial charge >= 0.3 is 11.9 Å². The van der Waals surface area contributed by atoms with Crippen molar-refractivity contribution in [1.29, 1.82) is 0 Å². The molecule has 18 aromatic rings. The average molecular weight is 2060 g/mol. The zero-order chi connectivity index (χ0) is 104. The van der Waals surface area contributed by atoms with Crippen LogP contribution in [0.15, 0.2) is 401 Å². The molecule has 0 aliphatic carbocycles. The highest BCUT2D eigenvalue weighted by Crippen LogP contribution is 2.39. The van der Waals surface area contributed by atoms with E-state index >= 15 is 0 Å². The van der Waals surface area contributed by atoms with Crippen molar-refractivity contribution in [1.82, 2.24) is 19.9 Å². The van der Waals surface area contributed by atoms with Crippen LogP contribution in [0.2, 0.25) is 20.1 Å². The lowest BCUT2D eigenvalue weighted by atomic mass is 10.0. The zero-order valence-electron chi connectivity index (χ0n) is 81.6. The van der Waals surface area contributed by atoms with Crippen molar-refractivity contribution in [3.05, 3.63) is 477 Å². The molecule has 0 bridgehead atoms. The third-order valence-corrected chi connectivity index (χ3v) is 24.0. The standard InChI is InChI=1S/2C31H24ClNO5.2C30H30ClNO4/c32-26-14-7-12-24(29(26)38-30(31(34)35)23-10-2-1-3-11-23)20-36-25-13-6-8-21(18-25)19-37-28-17-16-22-9-4-5-15-27(22)33-28;32-27-11-6-10-23(29(27)38-30(31(34)35)22-8-2-1-3-9-22)19-36-25-15-17-26(18-16-25)37-20-24-14-13-21-7-4-5-12-28(21)33-24;1-20(2)15-30(21(3)33)36-29-14-12-24(31)16-23(29)18-34-26-8-6-9-27(17-26)35-19-25-13-11-22-7-4-5-10-28(22)32-25;1-20(2)16-30(21(3)33)36-29-15-9-24(31)17-23(29)18-34-26-11-13-27(14-12-26)35-19-25-10-8-22-6-4-5-7-28(22)32-25/h2*1-18,30H,19-20H2,(H,34,35);4-14,16-17,20,30,33H,3,15,18-19H2,1-2H3;4-15,17,20,30,33H,3,16,18-19H2,1-2H3. The molecule has 4 heterocycles. The Morgan fingerprint density at radius 3 is 0.986 bits per heavy atom. The number of nitrogens with zero attached hydrogens (tertiary/aromatic N) is 4. The fourth-order valence-electron chi connectivity index (χ4n) is 15.4. The van der Waals surface area contributed by atoms with Crippen molar-refractivity contribution < 1.29 is 86.9 Å². The number of hydrogen-bond acceptors (Lipinski definition) is 20. The molecule has 0 spiro atoms. The van der Waals surface area contributed by atoms with Gasteiger partial charge in [-0.3, -0.25) is 0 Å². The molecule has 18 rings (SSSR count). The summed E-state index contributed by atoms with van der Waals surface area (Å²) in [5, 5.41) is 45.6. The summed E-state index contributed by atoms with van der Waals surface area (Å²) >= 11 is 25.3. The highest BCUT2D eigenvalue weighted by molar-refractivity contribution is 6.32. The lowest BCUT2D eigenvalue weighted by Gasteiger charge is -2.22. The first-order valence-corrected chi connectivity index (χ1v) is 49.3. The van der Waals surface area contributed by atoms with Crippen LogP contribution in [0.4, 0.5) is 0 Å². The Hall–Kier alpha value is -16.5. The van der Waals surface area contributed by atoms with Gasteiger partial charge in [0.2, 0.25) is 18.1 Å². The number of aliphatic hydroxyl groups excluding tert-OH is 2. The van der Waals surface area contributed by atoms with Crippen LogP contribution >= 0.6 is 46.4 Å². The number of fused-ring (bicyclic) bond motifs is 4. The number of rotatable bonds is 42. The maximum atomic E-state index is 12.0. The highest BCUT2D eigenvalue weighted by atomic mass is 35.5. The number of benzene rings is 14. The molecule has 26 heteroatoms. The van der Waals surface area contributed by atoms with Crippen LogP contribution in [0.5, 0.6) is 69.1 Å². The van der Waals surface area contributed by atoms with Gasteiger partial charge in [0, 0.05) is 77.1 Å². The highest BCUT2D eigenvalue weighted by Gasteiger charge is 2.28. The molecule has 14 aromatic carbocycles. The van der Waals surface area contributed by atoms with Crippen LogP contribution < -0.4 is 56.8 Å². The molecule has 148 heavy (non-hydrogen) atoms. The van der Waals surface area contributed by atoms with Crippen molar-refractivity contribution in [2.45, 2.75) is 118 Å². The van der Waals surface area contributed by atoms with Gasteiger partial charge in [0.1, 0.15) is 128 Å². The Bertz CT molecular complexity index is 7520. The Kier molecular flexibility index (Phi) is 37.8. The number of carboxylic acid groups (broad SMARTS) is 2. The van der Waals surface area contributed by atoms with Gasteiger partial charge in [0.05, 0.1) is 49.2 Å². The number of halogens is 4. The molecule has 0 aliphatic rings. The summed E-state index contributed by atoms with van der Waals surface area (Å²) in [6.07, 6.45) is -2.13. The number of aliphatic carboxylic acids is 2. The predicted molar refractivity (Wildman–Crippen MR) is 579 cm³/mol. The number of carboxylic acids is 2. The number of aromatic nitrogens is 4. The largest absolute Gasteiger partial charge is 0.509 e. The maximum absolute atomic E-state index is 12.0. The molecule has 4 atom stereocenters. The van der Waals surface area contributed by atoms with Gasteiger partial charge in [-0.25, -0.2) is 29.5 Å². The molecule has 0 saturated carbocycles. The van der Waals surface area contributed by atoms with Gasteiger partial charge in [-0.15, -0.1) is 0 Å². The number of ether oxygens (including phenoxy) is 12. The van der Waals surface area contributed by atoms with Crippen LogP contribution in [0.3, 0.4) is 0 Å². The summed E-state index contributed by atoms with van der Waals surface area (Å²) in [5.41, 5.74) is 11.0. The summed E-state index contributed by atoms with van der Waals surface area (Å²) in [6.45, 7) is 17.7. The molecule has 0 fully saturated rings. The average Bonchev–Trinajstić information content (AvgIpc) is 0.892. The minimum atomic E-state index is -1.21. The Balaban J connectivity index is 0.000000148. The molecule has 0 amide bonds. The van der Waals surface area contributed by atoms with Crippen LogP contribution in [0.1, 0.15) is 109 Å². The third-order valence-electron chi connectivity index (χ3n) is 22.9. The molecule has 4 N–H and O–H groups in total. The lowest BCUT2D eigenvalue weighted by molar-refractivity contribution is -0.146. The van der Waals surface area contributed by atoms with Crippen LogP contribution in [0.25, 0.3) is 43.6 Å². The van der Waals surface area contributed by atoms with Gasteiger partial charge in [0.15, 0.2) is 12.2 Å². The van der Waals surface area contributed by atoms with Crippen LogP contribution in [-0.4, -0.2) is 64.5 Å². The van der Waals surface area contributed by atoms with Crippen molar-refractivity contribution in [2.24, 2.45) is 11.8 Å². The first kappa shape index (κ1) is 106. The first-order valence-electron chi connectivity index (χ1n) is 47.8. The number of para-hydroxylation sites is 6. The maximum Gasteiger partial charge on any atom is 0.349 e. The van der Waals surface area contributed by atoms with Gasteiger partial charge < -0.3 is 77.3 Å². The van der Waals surface area contributed by atoms with Crippen molar-refractivity contribution in [2.75, 3.05) is 0 Å². The Morgan fingerprint density at radius 2 is 0.608 bits per heavy atom. The molecule has 752 valence electrons. The second kappa shape index (κ2) is 52.8. The van der Waals surface area contributed by atoms with Crippen LogP contribution in [0, 0.1) is 11.8 Å². The zero-order valence-corrected chi connectivity index (χ0v) is 84.6. The van der Waals surface area contributed by atoms with E-state index in [4.69, 9.17) is 103 Å². The fourth-order valence-corrected chi connectivity index (χ4v) is 16.3. The van der Waals surface area contributed by atoms with E-state index < -0.39 is 36.4 Å². The fraction of sp³-hybridized carbons (Fsp3) is 0.164. The second-order valence-corrected chi connectivity index (χ2v) is 36.8. The quantitative estimate of drug-likeness (QED) is 0.0259. The van der Waals surface area contributed by atoms with Crippen LogP contribution in [-0.2, 0) is 62.4 Å². The van der Waals surface area contributed by atoms with E-state index in [0.29, 0.717) is 145 Å². The van der Waals surface area contributed by atoms with Gasteiger partial charge in [-0.1, -0.05) is 281 Å². The first-order chi connectivity index (χ1) is 71.9. The smallest absolute Gasteiger partial charge is 0.349 e. The van der Waals surface area contributed by atoms with E-state index in [2.05, 4.69) is 60.8 Å². The minimum Gasteiger partial charge on any atom is -0.509 e. The van der Waals surface area contributed by atoms with E-state index in [9.17, 15) is 30.0 Å². The third kappa shape index (κ3) is 31.3. The molecule has 22 nitrogen and oxygen atoms in total. The SMILES string of the molecule is C=C(O)C(CC(C)C)Oc1ccc(Cl)cc1COc1ccc(OCc2ccc3ccccc3n2)cc1.C=C(O)C(CC(C)C)Oc1ccc(Cl)cc1COc1cccc(OCc2ccc3ccccc3n2)c1.O=C(O)C(Oc1c(Cl)cccc1COc1ccc(OCc2ccc3ccccc3n2)cc1)c1ccccc1.O=C(O)C(Oc1c(Cl)cccc1COc1cccc(COc2ccc3ccccc3n2)c1)c1ccccc1. The van der Waals surface area contributed by atoms with Crippen molar-refractivity contribution in [3.63, 3.8) is 0 Å². The predicted octanol–water partition coefficient (Wildman–Crippen LogP) is 30.3. The van der Waals surface area contributed by atoms with Crippen molar-refractivity contribution >= 4 is 102 Å². The van der Waals surface area contributed by atoms with E-state index in [1.807, 2.05) is 243 Å². The molecule has 0 saturated heterocycles. The summed E-state index contributed by atoms with van der Waals surface area (Å²) in [5.74, 6) is 5.38. The molecule has 4 unspecified atom stereocenters. The normalized spacial score (nSPS) is 11.7. The van der Waals surface area contributed by atoms with E-state index in [0.717, 1.165) is 83.1 Å². The van der Waals surface area contributed by atoms with Crippen molar-refractivity contribution in [3.8, 4) is 69.1 Å². The molecule has 4 aromatic heterocycles. The summed E-state index contributed by atoms with van der Waals surface area (Å²) in [6, 6.07) is 116.